The molecule has 56 heavy (non-hydrogen) atoms. The second-order valence-corrected chi connectivity index (χ2v) is 13.7. The highest BCUT2D eigenvalue weighted by molar-refractivity contribution is 6.32. The van der Waals surface area contributed by atoms with Crippen LogP contribution in [0.3, 0.4) is 0 Å². The summed E-state index contributed by atoms with van der Waals surface area (Å²) in [5, 5.41) is 7.41. The van der Waals surface area contributed by atoms with Crippen molar-refractivity contribution in [3.8, 4) is 22.3 Å². The van der Waals surface area contributed by atoms with Gasteiger partial charge in [0.05, 0.1) is 11.4 Å². The summed E-state index contributed by atoms with van der Waals surface area (Å²) >= 11 is 0. The van der Waals surface area contributed by atoms with E-state index in [2.05, 4.69) is 228 Å². The van der Waals surface area contributed by atoms with Gasteiger partial charge >= 0.3 is 0 Å². The minimum Gasteiger partial charge on any atom is -0.310 e. The number of hydrogen-bond acceptors (Lipinski definition) is 2. The summed E-state index contributed by atoms with van der Waals surface area (Å²) in [4.78, 5) is 4.83. The molecule has 2 nitrogen and oxygen atoms in total. The lowest BCUT2D eigenvalue weighted by Gasteiger charge is -2.32. The molecule has 0 saturated carbocycles. The Labute approximate surface area is 329 Å². The van der Waals surface area contributed by atoms with Crippen molar-refractivity contribution in [3.63, 3.8) is 0 Å². The molecule has 0 radical (unpaired) electrons. The molecule has 0 heterocycles. The minimum atomic E-state index is 1.10. The quantitative estimate of drug-likeness (QED) is 0.144. The lowest BCUT2D eigenvalue weighted by molar-refractivity contribution is 1.27. The van der Waals surface area contributed by atoms with Gasteiger partial charge in [0.25, 0.3) is 0 Å². The van der Waals surface area contributed by atoms with Gasteiger partial charge in [0.2, 0.25) is 0 Å². The largest absolute Gasteiger partial charge is 0.310 e. The van der Waals surface area contributed by atoms with Crippen LogP contribution in [-0.2, 0) is 0 Å². The Hall–Kier alpha value is -7.16. The summed E-state index contributed by atoms with van der Waals surface area (Å²) in [6, 6.07) is 78.9. The van der Waals surface area contributed by atoms with Crippen molar-refractivity contribution in [3.05, 3.63) is 218 Å². The Morgan fingerprint density at radius 2 is 0.536 bits per heavy atom. The fraction of sp³-hybridized carbons (Fsp3) is 0.0370. The first-order valence-corrected chi connectivity index (χ1v) is 19.5. The van der Waals surface area contributed by atoms with E-state index >= 15 is 0 Å². The monoisotopic (exact) mass is 718 g/mol. The van der Waals surface area contributed by atoms with Crippen molar-refractivity contribution < 1.29 is 0 Å². The highest BCUT2D eigenvalue weighted by Crippen LogP contribution is 2.52. The molecule has 268 valence electrons. The third-order valence-corrected chi connectivity index (χ3v) is 10.6. The fourth-order valence-corrected chi connectivity index (χ4v) is 8.20. The van der Waals surface area contributed by atoms with Crippen molar-refractivity contribution in [1.29, 1.82) is 0 Å². The molecule has 0 spiro atoms. The van der Waals surface area contributed by atoms with Crippen LogP contribution in [-0.4, -0.2) is 0 Å². The van der Waals surface area contributed by atoms with E-state index in [0.29, 0.717) is 0 Å². The van der Waals surface area contributed by atoms with Crippen LogP contribution in [0.4, 0.5) is 34.1 Å². The molecule has 0 aliphatic heterocycles. The molecule has 0 amide bonds. The zero-order valence-corrected chi connectivity index (χ0v) is 31.7. The standard InChI is InChI=1S/C52H36N2.C2H6/c1-7-19-37(20-8-1)47-35-48(38-21-9-2-10-22-38)44-32-34-46-50(54(41-27-15-5-16-28-41)42-29-17-6-18-30-42)36-49(45-33-31-43(47)51(44)52(45)46)53(39-23-11-3-12-24-39)40-25-13-4-14-26-40;1-2/h1-36H;1-2H3. The highest BCUT2D eigenvalue weighted by Gasteiger charge is 2.26. The number of para-hydroxylation sites is 4. The molecule has 0 aliphatic rings. The maximum atomic E-state index is 2.42. The van der Waals surface area contributed by atoms with E-state index in [1.165, 1.54) is 54.6 Å². The molecule has 0 atom stereocenters. The molecule has 10 aromatic rings. The van der Waals surface area contributed by atoms with Gasteiger partial charge in [-0.15, -0.1) is 0 Å². The highest BCUT2D eigenvalue weighted by atomic mass is 15.2. The SMILES string of the molecule is CC.c1ccc(-c2cc(-c3ccccc3)c3ccc4c(N(c5ccccc5)c5ccccc5)cc(N(c5ccccc5)c5ccccc5)c5ccc2c3c54)cc1. The minimum absolute atomic E-state index is 1.10. The molecule has 0 N–H and O–H groups in total. The van der Waals surface area contributed by atoms with Crippen LogP contribution in [0, 0.1) is 0 Å². The zero-order valence-electron chi connectivity index (χ0n) is 31.7. The summed E-state index contributed by atoms with van der Waals surface area (Å²) in [7, 11) is 0. The Balaban J connectivity index is 0.00000202. The normalized spacial score (nSPS) is 11.0. The van der Waals surface area contributed by atoms with Gasteiger partial charge in [-0.3, -0.25) is 0 Å². The first-order chi connectivity index (χ1) is 27.8. The van der Waals surface area contributed by atoms with Crippen molar-refractivity contribution >= 4 is 66.4 Å². The fourth-order valence-electron chi connectivity index (χ4n) is 8.20. The molecule has 2 heteroatoms. The van der Waals surface area contributed by atoms with Gasteiger partial charge in [0, 0.05) is 38.9 Å². The van der Waals surface area contributed by atoms with Gasteiger partial charge < -0.3 is 9.80 Å². The number of nitrogens with zero attached hydrogens (tertiary/aromatic N) is 2. The Kier molecular flexibility index (Phi) is 9.45. The molecule has 0 unspecified atom stereocenters. The van der Waals surface area contributed by atoms with Crippen LogP contribution in [0.5, 0.6) is 0 Å². The van der Waals surface area contributed by atoms with E-state index in [-0.39, 0.29) is 0 Å². The average molecular weight is 719 g/mol. The van der Waals surface area contributed by atoms with Gasteiger partial charge in [-0.25, -0.2) is 0 Å². The van der Waals surface area contributed by atoms with Crippen LogP contribution in [0.2, 0.25) is 0 Å². The molecule has 0 saturated heterocycles. The Bertz CT molecular complexity index is 2570. The molecule has 0 aromatic heterocycles. The molecular weight excluding hydrogens is 677 g/mol. The van der Waals surface area contributed by atoms with E-state index in [1.807, 2.05) is 13.8 Å². The predicted octanol–water partition coefficient (Wildman–Crippen LogP) is 15.9. The second-order valence-electron chi connectivity index (χ2n) is 13.7. The van der Waals surface area contributed by atoms with Crippen molar-refractivity contribution in [1.82, 2.24) is 0 Å². The van der Waals surface area contributed by atoms with E-state index in [9.17, 15) is 0 Å². The topological polar surface area (TPSA) is 6.48 Å². The number of anilines is 6. The summed E-state index contributed by atoms with van der Waals surface area (Å²) < 4.78 is 0. The Morgan fingerprint density at radius 1 is 0.268 bits per heavy atom. The van der Waals surface area contributed by atoms with E-state index in [1.54, 1.807) is 0 Å². The van der Waals surface area contributed by atoms with Gasteiger partial charge in [-0.05, 0) is 99.1 Å². The third kappa shape index (κ3) is 6.12. The second kappa shape index (κ2) is 15.3. The first-order valence-electron chi connectivity index (χ1n) is 19.5. The van der Waals surface area contributed by atoms with Crippen LogP contribution < -0.4 is 9.80 Å². The summed E-state index contributed by atoms with van der Waals surface area (Å²) in [5.41, 5.74) is 11.5. The van der Waals surface area contributed by atoms with Crippen molar-refractivity contribution in [2.24, 2.45) is 0 Å². The average Bonchev–Trinajstić information content (AvgIpc) is 3.29. The van der Waals surface area contributed by atoms with E-state index in [4.69, 9.17) is 0 Å². The number of hydrogen-bond donors (Lipinski definition) is 0. The lowest BCUT2D eigenvalue weighted by atomic mass is 9.84. The van der Waals surface area contributed by atoms with Crippen LogP contribution in [0.1, 0.15) is 13.8 Å². The Morgan fingerprint density at radius 3 is 0.857 bits per heavy atom. The van der Waals surface area contributed by atoms with E-state index < -0.39 is 0 Å². The maximum absolute atomic E-state index is 2.42. The van der Waals surface area contributed by atoms with Gasteiger partial charge in [-0.1, -0.05) is 172 Å². The van der Waals surface area contributed by atoms with Crippen LogP contribution in [0.25, 0.3) is 54.6 Å². The summed E-state index contributed by atoms with van der Waals surface area (Å²) in [6.07, 6.45) is 0. The van der Waals surface area contributed by atoms with E-state index in [0.717, 1.165) is 34.1 Å². The van der Waals surface area contributed by atoms with Crippen LogP contribution in [0.15, 0.2) is 218 Å². The zero-order chi connectivity index (χ0) is 37.8. The van der Waals surface area contributed by atoms with Gasteiger partial charge in [0.15, 0.2) is 0 Å². The number of benzene rings is 10. The number of rotatable bonds is 8. The molecule has 0 bridgehead atoms. The van der Waals surface area contributed by atoms with Gasteiger partial charge in [-0.2, -0.15) is 0 Å². The first kappa shape index (κ1) is 34.6. The lowest BCUT2D eigenvalue weighted by Crippen LogP contribution is -2.14. The van der Waals surface area contributed by atoms with Crippen LogP contribution >= 0.6 is 0 Å². The summed E-state index contributed by atoms with van der Waals surface area (Å²) in [5.74, 6) is 0. The van der Waals surface area contributed by atoms with Crippen molar-refractivity contribution in [2.45, 2.75) is 13.8 Å². The maximum Gasteiger partial charge on any atom is 0.0561 e. The predicted molar refractivity (Wildman–Crippen MR) is 242 cm³/mol. The molecule has 10 aromatic carbocycles. The molecular formula is C54H42N2. The third-order valence-electron chi connectivity index (χ3n) is 10.6. The van der Waals surface area contributed by atoms with Crippen molar-refractivity contribution in [2.75, 3.05) is 9.80 Å². The molecule has 0 aliphatic carbocycles. The van der Waals surface area contributed by atoms with Gasteiger partial charge in [0.1, 0.15) is 0 Å². The summed E-state index contributed by atoms with van der Waals surface area (Å²) in [6.45, 7) is 4.00. The molecule has 10 rings (SSSR count). The molecule has 0 fully saturated rings. The smallest absolute Gasteiger partial charge is 0.0561 e.